The monoisotopic (exact) mass is 398 g/mol. The molecule has 0 atom stereocenters. The lowest BCUT2D eigenvalue weighted by Crippen LogP contribution is -2.20. The van der Waals surface area contributed by atoms with E-state index in [1.165, 1.54) is 11.1 Å². The van der Waals surface area contributed by atoms with Crippen LogP contribution in [0.3, 0.4) is 0 Å². The Balaban J connectivity index is 2.29. The zero-order valence-electron chi connectivity index (χ0n) is 18.1. The molecule has 2 aromatic carbocycles. The van der Waals surface area contributed by atoms with Crippen LogP contribution >= 0.6 is 0 Å². The second-order valence-electron chi connectivity index (χ2n) is 6.54. The summed E-state index contributed by atoms with van der Waals surface area (Å²) >= 11 is 0. The number of hydrazone groups is 1. The lowest BCUT2D eigenvalue weighted by atomic mass is 10.0. The summed E-state index contributed by atoms with van der Waals surface area (Å²) in [6, 6.07) is 9.38. The van der Waals surface area contributed by atoms with Gasteiger partial charge >= 0.3 is 0 Å². The molecule has 0 aliphatic heterocycles. The van der Waals surface area contributed by atoms with Gasteiger partial charge in [-0.25, -0.2) is 5.43 Å². The predicted molar refractivity (Wildman–Crippen MR) is 116 cm³/mol. The number of hydrogen-bond acceptors (Lipinski definition) is 5. The lowest BCUT2D eigenvalue weighted by Gasteiger charge is -2.16. The molecule has 6 heteroatoms. The van der Waals surface area contributed by atoms with Crippen molar-refractivity contribution in [2.24, 2.45) is 5.10 Å². The third-order valence-corrected chi connectivity index (χ3v) is 4.42. The molecule has 0 aliphatic rings. The van der Waals surface area contributed by atoms with Crippen LogP contribution in [-0.2, 0) is 0 Å². The number of nitrogens with one attached hydrogen (secondary N) is 1. The van der Waals surface area contributed by atoms with Crippen molar-refractivity contribution >= 4 is 11.6 Å². The molecule has 6 nitrogen and oxygen atoms in total. The van der Waals surface area contributed by atoms with Crippen LogP contribution in [0.4, 0.5) is 0 Å². The van der Waals surface area contributed by atoms with E-state index >= 15 is 0 Å². The molecular formula is C23H30N2O4. The van der Waals surface area contributed by atoms with Crippen LogP contribution in [-0.4, -0.2) is 31.4 Å². The highest BCUT2D eigenvalue weighted by Gasteiger charge is 2.18. The first-order chi connectivity index (χ1) is 13.9. The first-order valence-electron chi connectivity index (χ1n) is 9.89. The lowest BCUT2D eigenvalue weighted by molar-refractivity contribution is 0.0953. The summed E-state index contributed by atoms with van der Waals surface area (Å²) in [5, 5.41) is 4.26. The fourth-order valence-electron chi connectivity index (χ4n) is 2.75. The Morgan fingerprint density at radius 1 is 0.862 bits per heavy atom. The number of carbonyl (C=O) groups excluding carboxylic acids is 1. The summed E-state index contributed by atoms with van der Waals surface area (Å²) in [6.45, 7) is 13.0. The molecule has 29 heavy (non-hydrogen) atoms. The standard InChI is InChI=1S/C23H30N2O4/c1-7-27-20-13-19(14-21(28-8-2)22(20)29-9-3)23(26)25-24-17(6)18-11-10-15(4)16(5)12-18/h10-14H,7-9H2,1-6H3,(H,25,26)/b24-17+. The SMILES string of the molecule is CCOc1cc(C(=O)N/N=C(\C)c2ccc(C)c(C)c2)cc(OCC)c1OCC. The first kappa shape index (κ1) is 22.3. The van der Waals surface area contributed by atoms with Crippen molar-refractivity contribution in [3.63, 3.8) is 0 Å². The second-order valence-corrected chi connectivity index (χ2v) is 6.54. The summed E-state index contributed by atoms with van der Waals surface area (Å²) in [6.07, 6.45) is 0. The third-order valence-electron chi connectivity index (χ3n) is 4.42. The van der Waals surface area contributed by atoms with Crippen LogP contribution in [0.25, 0.3) is 0 Å². The minimum Gasteiger partial charge on any atom is -0.490 e. The average molecular weight is 399 g/mol. The smallest absolute Gasteiger partial charge is 0.271 e. The van der Waals surface area contributed by atoms with E-state index in [9.17, 15) is 4.79 Å². The molecule has 0 aliphatic carbocycles. The van der Waals surface area contributed by atoms with Crippen LogP contribution in [0.2, 0.25) is 0 Å². The van der Waals surface area contributed by atoms with E-state index in [2.05, 4.69) is 30.4 Å². The summed E-state index contributed by atoms with van der Waals surface area (Å²) < 4.78 is 17.0. The van der Waals surface area contributed by atoms with Gasteiger partial charge in [-0.2, -0.15) is 5.10 Å². The summed E-state index contributed by atoms with van der Waals surface area (Å²) in [7, 11) is 0. The highest BCUT2D eigenvalue weighted by molar-refractivity contribution is 6.01. The number of carbonyl (C=O) groups is 1. The Labute approximate surface area is 172 Å². The third kappa shape index (κ3) is 5.73. The zero-order valence-corrected chi connectivity index (χ0v) is 18.1. The largest absolute Gasteiger partial charge is 0.490 e. The van der Waals surface area contributed by atoms with Crippen molar-refractivity contribution < 1.29 is 19.0 Å². The van der Waals surface area contributed by atoms with Gasteiger partial charge in [0.25, 0.3) is 5.91 Å². The highest BCUT2D eigenvalue weighted by Crippen LogP contribution is 2.39. The number of benzene rings is 2. The first-order valence-corrected chi connectivity index (χ1v) is 9.89. The van der Waals surface area contributed by atoms with E-state index in [1.54, 1.807) is 12.1 Å². The Morgan fingerprint density at radius 3 is 1.97 bits per heavy atom. The van der Waals surface area contributed by atoms with Crippen molar-refractivity contribution in [1.29, 1.82) is 0 Å². The van der Waals surface area contributed by atoms with Gasteiger partial charge < -0.3 is 14.2 Å². The summed E-state index contributed by atoms with van der Waals surface area (Å²) in [4.78, 5) is 12.7. The van der Waals surface area contributed by atoms with Gasteiger partial charge in [0.1, 0.15) is 0 Å². The van der Waals surface area contributed by atoms with E-state index < -0.39 is 0 Å². The van der Waals surface area contributed by atoms with Crippen molar-refractivity contribution in [1.82, 2.24) is 5.43 Å². The number of ether oxygens (including phenoxy) is 3. The Hall–Kier alpha value is -3.02. The molecule has 156 valence electrons. The molecule has 2 rings (SSSR count). The molecule has 0 bridgehead atoms. The summed E-state index contributed by atoms with van der Waals surface area (Å²) in [5.74, 6) is 1.10. The van der Waals surface area contributed by atoms with Crippen LogP contribution in [0.1, 0.15) is 54.7 Å². The van der Waals surface area contributed by atoms with Gasteiger partial charge in [0.05, 0.1) is 25.5 Å². The van der Waals surface area contributed by atoms with Crippen molar-refractivity contribution in [3.8, 4) is 17.2 Å². The minimum atomic E-state index is -0.349. The molecule has 0 unspecified atom stereocenters. The number of hydrogen-bond donors (Lipinski definition) is 1. The molecule has 0 heterocycles. The van der Waals surface area contributed by atoms with Gasteiger partial charge in [-0.15, -0.1) is 0 Å². The topological polar surface area (TPSA) is 69.2 Å². The van der Waals surface area contributed by atoms with Gasteiger partial charge in [0.2, 0.25) is 5.75 Å². The van der Waals surface area contributed by atoms with Crippen molar-refractivity contribution in [3.05, 3.63) is 52.6 Å². The van der Waals surface area contributed by atoms with Gasteiger partial charge in [0.15, 0.2) is 11.5 Å². The Kier molecular flexibility index (Phi) is 8.07. The van der Waals surface area contributed by atoms with E-state index in [4.69, 9.17) is 14.2 Å². The maximum absolute atomic E-state index is 12.7. The molecule has 1 N–H and O–H groups in total. The van der Waals surface area contributed by atoms with E-state index in [1.807, 2.05) is 39.8 Å². The normalized spacial score (nSPS) is 11.2. The number of nitrogens with zero attached hydrogens (tertiary/aromatic N) is 1. The van der Waals surface area contributed by atoms with Crippen LogP contribution in [0.15, 0.2) is 35.4 Å². The van der Waals surface area contributed by atoms with E-state index in [0.717, 1.165) is 11.3 Å². The second kappa shape index (κ2) is 10.5. The maximum atomic E-state index is 12.7. The van der Waals surface area contributed by atoms with E-state index in [-0.39, 0.29) is 5.91 Å². The Morgan fingerprint density at radius 2 is 1.45 bits per heavy atom. The number of rotatable bonds is 9. The summed E-state index contributed by atoms with van der Waals surface area (Å²) in [5.41, 5.74) is 7.09. The predicted octanol–water partition coefficient (Wildman–Crippen LogP) is 4.65. The maximum Gasteiger partial charge on any atom is 0.271 e. The molecular weight excluding hydrogens is 368 g/mol. The number of amides is 1. The molecule has 0 radical (unpaired) electrons. The van der Waals surface area contributed by atoms with Gasteiger partial charge in [-0.05, 0) is 76.4 Å². The van der Waals surface area contributed by atoms with Crippen LogP contribution in [0.5, 0.6) is 17.2 Å². The molecule has 0 fully saturated rings. The van der Waals surface area contributed by atoms with Gasteiger partial charge in [0, 0.05) is 5.56 Å². The van der Waals surface area contributed by atoms with Gasteiger partial charge in [-0.3, -0.25) is 4.79 Å². The van der Waals surface area contributed by atoms with E-state index in [0.29, 0.717) is 42.6 Å². The molecule has 0 saturated heterocycles. The molecule has 2 aromatic rings. The fourth-order valence-corrected chi connectivity index (χ4v) is 2.75. The molecule has 0 saturated carbocycles. The molecule has 0 spiro atoms. The van der Waals surface area contributed by atoms with Crippen LogP contribution in [0, 0.1) is 13.8 Å². The zero-order chi connectivity index (χ0) is 21.4. The van der Waals surface area contributed by atoms with Gasteiger partial charge in [-0.1, -0.05) is 12.1 Å². The Bertz CT molecular complexity index is 863. The van der Waals surface area contributed by atoms with Crippen molar-refractivity contribution in [2.75, 3.05) is 19.8 Å². The van der Waals surface area contributed by atoms with Crippen molar-refractivity contribution in [2.45, 2.75) is 41.5 Å². The molecule has 0 aromatic heterocycles. The van der Waals surface area contributed by atoms with Crippen LogP contribution < -0.4 is 19.6 Å². The highest BCUT2D eigenvalue weighted by atomic mass is 16.5. The molecule has 1 amide bonds. The number of aryl methyl sites for hydroxylation is 2. The average Bonchev–Trinajstić information content (AvgIpc) is 2.70. The fraction of sp³-hybridized carbons (Fsp3) is 0.391. The quantitative estimate of drug-likeness (QED) is 0.493. The minimum absolute atomic E-state index is 0.349.